The van der Waals surface area contributed by atoms with Crippen molar-refractivity contribution in [2.75, 3.05) is 0 Å². The highest BCUT2D eigenvalue weighted by Gasteiger charge is 2.29. The van der Waals surface area contributed by atoms with E-state index >= 15 is 0 Å². The van der Waals surface area contributed by atoms with E-state index in [1.54, 1.807) is 60.7 Å². The summed E-state index contributed by atoms with van der Waals surface area (Å²) in [6, 6.07) is 22.2. The number of ether oxygens (including phenoxy) is 2. The van der Waals surface area contributed by atoms with Crippen molar-refractivity contribution in [3.8, 4) is 0 Å². The van der Waals surface area contributed by atoms with Crippen LogP contribution in [0.2, 0.25) is 0 Å². The van der Waals surface area contributed by atoms with E-state index in [2.05, 4.69) is 6.58 Å². The normalized spacial score (nSPS) is 12.3. The summed E-state index contributed by atoms with van der Waals surface area (Å²) < 4.78 is 11.2. The van der Waals surface area contributed by atoms with Crippen molar-refractivity contribution in [2.45, 2.75) is 12.2 Å². The summed E-state index contributed by atoms with van der Waals surface area (Å²) in [5, 5.41) is 11.0. The Labute approximate surface area is 178 Å². The number of carbonyl (C=O) groups excluding carboxylic acids is 2. The van der Waals surface area contributed by atoms with Crippen LogP contribution in [0.25, 0.3) is 0 Å². The first kappa shape index (κ1) is 21.4. The molecule has 0 bridgehead atoms. The first-order chi connectivity index (χ1) is 15.0. The highest BCUT2D eigenvalue weighted by molar-refractivity contribution is 5.90. The molecule has 0 amide bonds. The fourth-order valence-corrected chi connectivity index (χ4v) is 2.87. The average molecular weight is 417 g/mol. The summed E-state index contributed by atoms with van der Waals surface area (Å²) in [6.45, 7) is 3.70. The summed E-state index contributed by atoms with van der Waals surface area (Å²) in [6.07, 6.45) is -0.730. The van der Waals surface area contributed by atoms with Gasteiger partial charge in [-0.3, -0.25) is 10.1 Å². The van der Waals surface area contributed by atoms with E-state index in [-0.39, 0.29) is 5.69 Å². The maximum absolute atomic E-state index is 12.7. The van der Waals surface area contributed by atoms with Gasteiger partial charge in [0.2, 0.25) is 0 Å². The lowest BCUT2D eigenvalue weighted by Crippen LogP contribution is -2.27. The number of rotatable bonds is 8. The quantitative estimate of drug-likeness (QED) is 0.224. The molecule has 0 spiro atoms. The van der Waals surface area contributed by atoms with Gasteiger partial charge in [-0.2, -0.15) is 0 Å². The Morgan fingerprint density at radius 3 is 1.74 bits per heavy atom. The SMILES string of the molecule is C=C[C@@H](OC(=O)c1ccccc1)[C@@H](OC(=O)c1ccccc1)c1ccc([N+](=O)[O-])cc1. The van der Waals surface area contributed by atoms with Gasteiger partial charge in [0.1, 0.15) is 0 Å². The lowest BCUT2D eigenvalue weighted by molar-refractivity contribution is -0.384. The molecule has 0 fully saturated rings. The van der Waals surface area contributed by atoms with Crippen LogP contribution in [0.1, 0.15) is 32.4 Å². The summed E-state index contributed by atoms with van der Waals surface area (Å²) >= 11 is 0. The molecular formula is C24H19NO6. The lowest BCUT2D eigenvalue weighted by Gasteiger charge is -2.25. The van der Waals surface area contributed by atoms with Gasteiger partial charge >= 0.3 is 11.9 Å². The summed E-state index contributed by atoms with van der Waals surface area (Å²) in [5.74, 6) is -1.25. The summed E-state index contributed by atoms with van der Waals surface area (Å²) in [5.41, 5.74) is 0.937. The topological polar surface area (TPSA) is 95.7 Å². The van der Waals surface area contributed by atoms with Gasteiger partial charge in [-0.05, 0) is 48.0 Å². The molecule has 3 aromatic carbocycles. The largest absolute Gasteiger partial charge is 0.450 e. The van der Waals surface area contributed by atoms with Crippen molar-refractivity contribution >= 4 is 17.6 Å². The molecule has 0 unspecified atom stereocenters. The number of nitro groups is 1. The number of esters is 2. The van der Waals surface area contributed by atoms with Gasteiger partial charge in [-0.15, -0.1) is 0 Å². The molecule has 3 rings (SSSR count). The molecule has 7 heteroatoms. The van der Waals surface area contributed by atoms with Gasteiger partial charge in [0, 0.05) is 12.1 Å². The van der Waals surface area contributed by atoms with E-state index in [0.29, 0.717) is 16.7 Å². The van der Waals surface area contributed by atoms with Crippen LogP contribution in [-0.2, 0) is 9.47 Å². The van der Waals surface area contributed by atoms with E-state index in [1.165, 1.54) is 30.3 Å². The van der Waals surface area contributed by atoms with E-state index in [1.807, 2.05) is 0 Å². The first-order valence-electron chi connectivity index (χ1n) is 9.38. The fourth-order valence-electron chi connectivity index (χ4n) is 2.87. The van der Waals surface area contributed by atoms with E-state index in [9.17, 15) is 19.7 Å². The van der Waals surface area contributed by atoms with Crippen LogP contribution >= 0.6 is 0 Å². The minimum Gasteiger partial charge on any atom is -0.450 e. The minimum absolute atomic E-state index is 0.117. The molecule has 0 heterocycles. The number of nitrogens with zero attached hydrogens (tertiary/aromatic N) is 1. The Morgan fingerprint density at radius 1 is 0.806 bits per heavy atom. The predicted molar refractivity (Wildman–Crippen MR) is 114 cm³/mol. The van der Waals surface area contributed by atoms with Crippen molar-refractivity contribution in [3.05, 3.63) is 124 Å². The average Bonchev–Trinajstić information content (AvgIpc) is 2.82. The lowest BCUT2D eigenvalue weighted by atomic mass is 10.0. The molecule has 0 aliphatic heterocycles. The van der Waals surface area contributed by atoms with Gasteiger partial charge < -0.3 is 9.47 Å². The van der Waals surface area contributed by atoms with Gasteiger partial charge in [0.25, 0.3) is 5.69 Å². The molecule has 0 N–H and O–H groups in total. The summed E-state index contributed by atoms with van der Waals surface area (Å²) in [7, 11) is 0. The second kappa shape index (κ2) is 9.98. The zero-order valence-corrected chi connectivity index (χ0v) is 16.4. The van der Waals surface area contributed by atoms with E-state index in [4.69, 9.17) is 9.47 Å². The van der Waals surface area contributed by atoms with Gasteiger partial charge in [-0.1, -0.05) is 43.0 Å². The Bertz CT molecular complexity index is 1060. The molecule has 0 saturated heterocycles. The Balaban J connectivity index is 1.90. The van der Waals surface area contributed by atoms with Gasteiger partial charge in [0.05, 0.1) is 16.1 Å². The van der Waals surface area contributed by atoms with Crippen molar-refractivity contribution < 1.29 is 24.0 Å². The van der Waals surface area contributed by atoms with Crippen molar-refractivity contribution in [1.29, 1.82) is 0 Å². The number of hydrogen-bond acceptors (Lipinski definition) is 6. The molecule has 0 aromatic heterocycles. The van der Waals surface area contributed by atoms with Crippen LogP contribution in [-0.4, -0.2) is 23.0 Å². The van der Waals surface area contributed by atoms with Crippen molar-refractivity contribution in [2.24, 2.45) is 0 Å². The third kappa shape index (κ3) is 5.42. The number of nitro benzene ring substituents is 1. The van der Waals surface area contributed by atoms with Crippen LogP contribution in [0.5, 0.6) is 0 Å². The number of hydrogen-bond donors (Lipinski definition) is 0. The summed E-state index contributed by atoms with van der Waals surface area (Å²) in [4.78, 5) is 35.7. The van der Waals surface area contributed by atoms with Crippen LogP contribution in [0.3, 0.4) is 0 Å². The number of non-ortho nitro benzene ring substituents is 1. The maximum Gasteiger partial charge on any atom is 0.338 e. The monoisotopic (exact) mass is 417 g/mol. The molecule has 156 valence electrons. The first-order valence-corrected chi connectivity index (χ1v) is 9.38. The maximum atomic E-state index is 12.7. The molecule has 3 aromatic rings. The van der Waals surface area contributed by atoms with Crippen LogP contribution < -0.4 is 0 Å². The van der Waals surface area contributed by atoms with Crippen LogP contribution in [0, 0.1) is 10.1 Å². The number of carbonyl (C=O) groups is 2. The smallest absolute Gasteiger partial charge is 0.338 e. The number of benzene rings is 3. The predicted octanol–water partition coefficient (Wildman–Crippen LogP) is 4.90. The fraction of sp³-hybridized carbons (Fsp3) is 0.0833. The molecule has 2 atom stereocenters. The molecule has 0 radical (unpaired) electrons. The van der Waals surface area contributed by atoms with Crippen molar-refractivity contribution in [3.63, 3.8) is 0 Å². The molecule has 0 aliphatic rings. The Kier molecular flexibility index (Phi) is 6.90. The van der Waals surface area contributed by atoms with Crippen LogP contribution in [0.15, 0.2) is 97.6 Å². The molecule has 0 saturated carbocycles. The van der Waals surface area contributed by atoms with E-state index < -0.39 is 29.1 Å². The Morgan fingerprint density at radius 2 is 1.29 bits per heavy atom. The highest BCUT2D eigenvalue weighted by Crippen LogP contribution is 2.28. The molecule has 0 aliphatic carbocycles. The molecule has 7 nitrogen and oxygen atoms in total. The van der Waals surface area contributed by atoms with Gasteiger partial charge in [-0.25, -0.2) is 9.59 Å². The third-order valence-corrected chi connectivity index (χ3v) is 4.46. The second-order valence-electron chi connectivity index (χ2n) is 6.51. The van der Waals surface area contributed by atoms with E-state index in [0.717, 1.165) is 0 Å². The van der Waals surface area contributed by atoms with Crippen LogP contribution in [0.4, 0.5) is 5.69 Å². The standard InChI is InChI=1S/C24H19NO6/c1-2-21(30-23(26)18-9-5-3-6-10-18)22(17-13-15-20(16-14-17)25(28)29)31-24(27)19-11-7-4-8-12-19/h2-16,21-22H,1H2/t21-,22+/m1/s1. The van der Waals surface area contributed by atoms with Gasteiger partial charge in [0.15, 0.2) is 12.2 Å². The Hall–Kier alpha value is -4.26. The molecule has 31 heavy (non-hydrogen) atoms. The third-order valence-electron chi connectivity index (χ3n) is 4.46. The zero-order chi connectivity index (χ0) is 22.2. The minimum atomic E-state index is -1.06. The highest BCUT2D eigenvalue weighted by atomic mass is 16.6. The zero-order valence-electron chi connectivity index (χ0n) is 16.4. The van der Waals surface area contributed by atoms with Crippen molar-refractivity contribution in [1.82, 2.24) is 0 Å². The second-order valence-corrected chi connectivity index (χ2v) is 6.51. The molecular weight excluding hydrogens is 398 g/mol.